The van der Waals surface area contributed by atoms with Crippen molar-refractivity contribution >= 4 is 11.8 Å². The van der Waals surface area contributed by atoms with Crippen molar-refractivity contribution in [3.8, 4) is 0 Å². The van der Waals surface area contributed by atoms with Crippen molar-refractivity contribution < 1.29 is 19.5 Å². The van der Waals surface area contributed by atoms with Crippen molar-refractivity contribution in [2.24, 2.45) is 0 Å². The van der Waals surface area contributed by atoms with E-state index in [-0.39, 0.29) is 24.7 Å². The summed E-state index contributed by atoms with van der Waals surface area (Å²) in [7, 11) is 1.23. The Kier molecular flexibility index (Phi) is 1.98. The predicted octanol–water partition coefficient (Wildman–Crippen LogP) is -0.372. The third kappa shape index (κ3) is 1.14. The zero-order chi connectivity index (χ0) is 7.56. The van der Waals surface area contributed by atoms with Crippen LogP contribution in [-0.2, 0) is 19.5 Å². The average Bonchev–Trinajstić information content (AvgIpc) is 2.20. The molecule has 0 bridgehead atoms. The van der Waals surface area contributed by atoms with Crippen molar-refractivity contribution in [3.63, 3.8) is 0 Å². The molecule has 0 atom stereocenters. The molecule has 0 aromatic rings. The van der Waals surface area contributed by atoms with Gasteiger partial charge in [-0.25, -0.2) is 4.89 Å². The number of hydrogen-bond donors (Lipinski definition) is 0. The zero-order valence-electron chi connectivity index (χ0n) is 5.49. The molecule has 1 rings (SSSR count). The molecule has 2 amide bonds. The molecule has 1 aliphatic rings. The Balaban J connectivity index is 2.54. The zero-order valence-corrected chi connectivity index (χ0v) is 5.49. The van der Waals surface area contributed by atoms with Gasteiger partial charge >= 0.3 is 0 Å². The average molecular weight is 145 g/mol. The number of amides is 2. The van der Waals surface area contributed by atoms with Gasteiger partial charge in [-0.1, -0.05) is 0 Å². The lowest BCUT2D eigenvalue weighted by Gasteiger charge is -2.07. The molecular weight excluding hydrogens is 138 g/mol. The second-order valence-corrected chi connectivity index (χ2v) is 1.82. The molecule has 0 radical (unpaired) electrons. The van der Waals surface area contributed by atoms with Gasteiger partial charge < -0.3 is 0 Å². The normalized spacial score (nSPS) is 18.7. The number of carbonyl (C=O) groups is 2. The molecule has 1 heterocycles. The number of nitrogens with zero attached hydrogens (tertiary/aromatic N) is 1. The van der Waals surface area contributed by atoms with E-state index in [0.717, 1.165) is 0 Å². The summed E-state index contributed by atoms with van der Waals surface area (Å²) in [5.74, 6) is -0.710. The minimum Gasteiger partial charge on any atom is -0.272 e. The lowest BCUT2D eigenvalue weighted by atomic mass is 10.4. The van der Waals surface area contributed by atoms with Crippen molar-refractivity contribution in [1.29, 1.82) is 0 Å². The van der Waals surface area contributed by atoms with E-state index < -0.39 is 0 Å². The van der Waals surface area contributed by atoms with Crippen LogP contribution in [0.3, 0.4) is 0 Å². The number of rotatable bonds is 2. The highest BCUT2D eigenvalue weighted by Crippen LogP contribution is 2.11. The Morgan fingerprint density at radius 2 is 1.80 bits per heavy atom. The molecule has 1 saturated heterocycles. The van der Waals surface area contributed by atoms with Gasteiger partial charge in [-0.15, -0.1) is 10.1 Å². The third-order valence-electron chi connectivity index (χ3n) is 1.15. The molecular formula is C5H7NO4. The maximum atomic E-state index is 10.7. The van der Waals surface area contributed by atoms with Gasteiger partial charge in [0, 0.05) is 12.8 Å². The van der Waals surface area contributed by atoms with Crippen molar-refractivity contribution in [2.75, 3.05) is 7.11 Å². The van der Waals surface area contributed by atoms with E-state index in [0.29, 0.717) is 5.06 Å². The minimum atomic E-state index is -0.355. The quantitative estimate of drug-likeness (QED) is 0.302. The highest BCUT2D eigenvalue weighted by atomic mass is 17.3. The van der Waals surface area contributed by atoms with E-state index in [9.17, 15) is 9.59 Å². The molecule has 1 aliphatic heterocycles. The van der Waals surface area contributed by atoms with Crippen LogP contribution in [-0.4, -0.2) is 24.0 Å². The maximum Gasteiger partial charge on any atom is 0.256 e. The van der Waals surface area contributed by atoms with Crippen LogP contribution in [0.5, 0.6) is 0 Å². The van der Waals surface area contributed by atoms with E-state index in [4.69, 9.17) is 0 Å². The largest absolute Gasteiger partial charge is 0.272 e. The first kappa shape index (κ1) is 7.17. The number of carbonyl (C=O) groups excluding carboxylic acids is 2. The molecule has 0 spiro atoms. The van der Waals surface area contributed by atoms with Gasteiger partial charge in [-0.2, -0.15) is 0 Å². The van der Waals surface area contributed by atoms with Crippen molar-refractivity contribution in [1.82, 2.24) is 5.06 Å². The molecule has 0 aromatic carbocycles. The fourth-order valence-corrected chi connectivity index (χ4v) is 0.714. The lowest BCUT2D eigenvalue weighted by molar-refractivity contribution is -0.378. The molecule has 10 heavy (non-hydrogen) atoms. The summed E-state index contributed by atoms with van der Waals surface area (Å²) in [6.07, 6.45) is 0.421. The van der Waals surface area contributed by atoms with Crippen LogP contribution in [0.25, 0.3) is 0 Å². The molecule has 1 fully saturated rings. The van der Waals surface area contributed by atoms with Crippen molar-refractivity contribution in [2.45, 2.75) is 12.8 Å². The van der Waals surface area contributed by atoms with Crippen LogP contribution in [0.15, 0.2) is 0 Å². The van der Waals surface area contributed by atoms with E-state index >= 15 is 0 Å². The Hall–Kier alpha value is -0.940. The van der Waals surface area contributed by atoms with Gasteiger partial charge in [0.2, 0.25) is 0 Å². The summed E-state index contributed by atoms with van der Waals surface area (Å²) in [5.41, 5.74) is 0. The lowest BCUT2D eigenvalue weighted by Crippen LogP contribution is -2.28. The van der Waals surface area contributed by atoms with Gasteiger partial charge in [0.1, 0.15) is 0 Å². The third-order valence-corrected chi connectivity index (χ3v) is 1.15. The Labute approximate surface area is 57.4 Å². The first-order chi connectivity index (χ1) is 4.75. The summed E-state index contributed by atoms with van der Waals surface area (Å²) in [4.78, 5) is 29.8. The Bertz CT molecular complexity index is 151. The first-order valence-electron chi connectivity index (χ1n) is 2.82. The van der Waals surface area contributed by atoms with E-state index in [1.165, 1.54) is 7.11 Å². The molecule has 0 aromatic heterocycles. The molecule has 0 unspecified atom stereocenters. The maximum absolute atomic E-state index is 10.7. The molecule has 56 valence electrons. The van der Waals surface area contributed by atoms with Crippen LogP contribution in [0.1, 0.15) is 12.8 Å². The molecule has 0 N–H and O–H groups in total. The number of imide groups is 1. The first-order valence-corrected chi connectivity index (χ1v) is 2.82. The van der Waals surface area contributed by atoms with Crippen molar-refractivity contribution in [3.05, 3.63) is 0 Å². The molecule has 5 heteroatoms. The van der Waals surface area contributed by atoms with E-state index in [2.05, 4.69) is 9.88 Å². The fraction of sp³-hybridized carbons (Fsp3) is 0.600. The molecule has 0 aliphatic carbocycles. The summed E-state index contributed by atoms with van der Waals surface area (Å²) in [6, 6.07) is 0. The Morgan fingerprint density at radius 3 is 2.20 bits per heavy atom. The van der Waals surface area contributed by atoms with Crippen LogP contribution >= 0.6 is 0 Å². The Morgan fingerprint density at radius 1 is 1.30 bits per heavy atom. The summed E-state index contributed by atoms with van der Waals surface area (Å²) >= 11 is 0. The highest BCUT2D eigenvalue weighted by Gasteiger charge is 2.30. The van der Waals surface area contributed by atoms with Crippen LogP contribution in [0, 0.1) is 0 Å². The number of hydrogen-bond acceptors (Lipinski definition) is 4. The van der Waals surface area contributed by atoms with Crippen LogP contribution in [0.4, 0.5) is 0 Å². The van der Waals surface area contributed by atoms with Gasteiger partial charge in [0.15, 0.2) is 0 Å². The predicted molar refractivity (Wildman–Crippen MR) is 29.2 cm³/mol. The van der Waals surface area contributed by atoms with Crippen LogP contribution < -0.4 is 0 Å². The topological polar surface area (TPSA) is 55.8 Å². The standard InChI is InChI=1S/C5H7NO4/c1-9-10-6-4(7)2-3-5(6)8/h2-3H2,1H3. The summed E-state index contributed by atoms with van der Waals surface area (Å²) in [5, 5.41) is 0.625. The number of hydroxylamine groups is 2. The van der Waals surface area contributed by atoms with Gasteiger partial charge in [0.25, 0.3) is 11.8 Å². The van der Waals surface area contributed by atoms with E-state index in [1.54, 1.807) is 0 Å². The van der Waals surface area contributed by atoms with Gasteiger partial charge in [-0.05, 0) is 0 Å². The molecule has 0 saturated carbocycles. The van der Waals surface area contributed by atoms with Gasteiger partial charge in [-0.3, -0.25) is 9.59 Å². The fourth-order valence-electron chi connectivity index (χ4n) is 0.714. The summed E-state index contributed by atoms with van der Waals surface area (Å²) in [6.45, 7) is 0. The smallest absolute Gasteiger partial charge is 0.256 e. The van der Waals surface area contributed by atoms with E-state index in [1.807, 2.05) is 0 Å². The SMILES string of the molecule is COON1C(=O)CCC1=O. The minimum absolute atomic E-state index is 0.211. The summed E-state index contributed by atoms with van der Waals surface area (Å²) < 4.78 is 0. The monoisotopic (exact) mass is 145 g/mol. The second-order valence-electron chi connectivity index (χ2n) is 1.82. The highest BCUT2D eigenvalue weighted by molar-refractivity contribution is 6.00. The second kappa shape index (κ2) is 2.76. The molecule has 5 nitrogen and oxygen atoms in total. The van der Waals surface area contributed by atoms with Gasteiger partial charge in [0.05, 0.1) is 7.11 Å². The van der Waals surface area contributed by atoms with Crippen LogP contribution in [0.2, 0.25) is 0 Å².